The van der Waals surface area contributed by atoms with Crippen LogP contribution in [0.4, 0.5) is 4.39 Å². The van der Waals surface area contributed by atoms with E-state index in [9.17, 15) is 4.39 Å². The lowest BCUT2D eigenvalue weighted by atomic mass is 10.1. The van der Waals surface area contributed by atoms with Crippen molar-refractivity contribution in [3.8, 4) is 5.75 Å². The number of benzene rings is 1. The van der Waals surface area contributed by atoms with E-state index in [4.69, 9.17) is 14.5 Å². The van der Waals surface area contributed by atoms with E-state index < -0.39 is 0 Å². The van der Waals surface area contributed by atoms with Crippen LogP contribution in [-0.4, -0.2) is 62.9 Å². The monoisotopic (exact) mass is 534 g/mol. The molecule has 30 heavy (non-hydrogen) atoms. The summed E-state index contributed by atoms with van der Waals surface area (Å²) >= 11 is 0. The van der Waals surface area contributed by atoms with Crippen LogP contribution >= 0.6 is 24.0 Å². The van der Waals surface area contributed by atoms with Crippen molar-refractivity contribution < 1.29 is 13.9 Å². The fourth-order valence-corrected chi connectivity index (χ4v) is 3.36. The molecule has 0 bridgehead atoms. The smallest absolute Gasteiger partial charge is 0.191 e. The van der Waals surface area contributed by atoms with Gasteiger partial charge in [0.25, 0.3) is 0 Å². The Morgan fingerprint density at radius 1 is 1.30 bits per heavy atom. The van der Waals surface area contributed by atoms with Crippen molar-refractivity contribution in [1.82, 2.24) is 15.5 Å². The van der Waals surface area contributed by atoms with E-state index in [1.165, 1.54) is 12.8 Å². The predicted molar refractivity (Wildman–Crippen MR) is 129 cm³/mol. The Hall–Kier alpha value is -1.13. The Bertz CT molecular complexity index is 681. The number of guanidine groups is 1. The Morgan fingerprint density at radius 2 is 2.03 bits per heavy atom. The van der Waals surface area contributed by atoms with Gasteiger partial charge in [-0.2, -0.15) is 0 Å². The summed E-state index contributed by atoms with van der Waals surface area (Å²) in [6.45, 7) is 11.8. The Labute approximate surface area is 197 Å². The van der Waals surface area contributed by atoms with Gasteiger partial charge in [0.05, 0.1) is 32.4 Å². The standard InChI is InChI=1S/C22H35FN4O2.HI/c1-4-24-22(25-14-16(2)27-9-11-28-12-10-27)26-17(3)19-7-8-21(20(23)13-19)29-15-18-5-6-18;/h7-8,13,16-18H,4-6,9-12,14-15H2,1-3H3,(H2,24,25,26);1H. The maximum Gasteiger partial charge on any atom is 0.191 e. The molecule has 0 amide bonds. The number of nitrogens with one attached hydrogen (secondary N) is 2. The highest BCUT2D eigenvalue weighted by molar-refractivity contribution is 14.0. The molecule has 1 aliphatic carbocycles. The zero-order valence-corrected chi connectivity index (χ0v) is 20.7. The minimum absolute atomic E-state index is 0. The molecule has 2 atom stereocenters. The summed E-state index contributed by atoms with van der Waals surface area (Å²) in [5, 5.41) is 6.67. The molecule has 2 N–H and O–H groups in total. The van der Waals surface area contributed by atoms with Crippen LogP contribution in [0.5, 0.6) is 5.75 Å². The van der Waals surface area contributed by atoms with Crippen LogP contribution in [0.15, 0.2) is 23.2 Å². The first-order chi connectivity index (χ1) is 14.1. The first-order valence-corrected chi connectivity index (χ1v) is 10.9. The molecule has 1 heterocycles. The number of ether oxygens (including phenoxy) is 2. The molecule has 3 rings (SSSR count). The van der Waals surface area contributed by atoms with E-state index in [1.54, 1.807) is 12.1 Å². The van der Waals surface area contributed by atoms with E-state index >= 15 is 0 Å². The van der Waals surface area contributed by atoms with Gasteiger partial charge in [0.1, 0.15) is 0 Å². The zero-order valence-electron chi connectivity index (χ0n) is 18.3. The van der Waals surface area contributed by atoms with Gasteiger partial charge < -0.3 is 20.1 Å². The minimum Gasteiger partial charge on any atom is -0.490 e. The van der Waals surface area contributed by atoms with Gasteiger partial charge in [-0.1, -0.05) is 6.07 Å². The molecule has 2 fully saturated rings. The molecule has 6 nitrogen and oxygen atoms in total. The molecule has 1 aromatic rings. The Kier molecular flexibility index (Phi) is 10.6. The number of morpholine rings is 1. The molecule has 1 aromatic carbocycles. The molecule has 1 aliphatic heterocycles. The van der Waals surface area contributed by atoms with Crippen molar-refractivity contribution in [1.29, 1.82) is 0 Å². The number of hydrogen-bond donors (Lipinski definition) is 2. The summed E-state index contributed by atoms with van der Waals surface area (Å²) in [6, 6.07) is 5.49. The highest BCUT2D eigenvalue weighted by atomic mass is 127. The van der Waals surface area contributed by atoms with Gasteiger partial charge in [-0.25, -0.2) is 4.39 Å². The highest BCUT2D eigenvalue weighted by Crippen LogP contribution is 2.30. The van der Waals surface area contributed by atoms with Crippen molar-refractivity contribution in [3.63, 3.8) is 0 Å². The normalized spacial score (nSPS) is 19.5. The maximum absolute atomic E-state index is 14.4. The maximum atomic E-state index is 14.4. The molecule has 0 aromatic heterocycles. The van der Waals surface area contributed by atoms with Crippen molar-refractivity contribution in [2.24, 2.45) is 10.9 Å². The molecule has 170 valence electrons. The van der Waals surface area contributed by atoms with Crippen molar-refractivity contribution in [2.75, 3.05) is 46.0 Å². The van der Waals surface area contributed by atoms with Crippen molar-refractivity contribution >= 4 is 29.9 Å². The Balaban J connectivity index is 0.00000320. The molecule has 1 saturated heterocycles. The SMILES string of the molecule is CCNC(=NCC(C)N1CCOCC1)NC(C)c1ccc(OCC2CC2)c(F)c1.I. The molecule has 2 unspecified atom stereocenters. The highest BCUT2D eigenvalue weighted by Gasteiger charge is 2.22. The van der Waals surface area contributed by atoms with E-state index in [0.717, 1.165) is 44.4 Å². The summed E-state index contributed by atoms with van der Waals surface area (Å²) < 4.78 is 25.4. The average molecular weight is 534 g/mol. The second-order valence-electron chi connectivity index (χ2n) is 8.03. The molecule has 2 aliphatic rings. The van der Waals surface area contributed by atoms with Gasteiger partial charge in [-0.05, 0) is 57.2 Å². The number of aliphatic imine (C=N–C) groups is 1. The van der Waals surface area contributed by atoms with Gasteiger partial charge in [0.15, 0.2) is 17.5 Å². The fraction of sp³-hybridized carbons (Fsp3) is 0.682. The van der Waals surface area contributed by atoms with Crippen LogP contribution in [0.25, 0.3) is 0 Å². The summed E-state index contributed by atoms with van der Waals surface area (Å²) in [6.07, 6.45) is 2.38. The molecule has 8 heteroatoms. The van der Waals surface area contributed by atoms with E-state index in [-0.39, 0.29) is 35.8 Å². The van der Waals surface area contributed by atoms with Gasteiger partial charge in [-0.15, -0.1) is 24.0 Å². The summed E-state index contributed by atoms with van der Waals surface area (Å²) in [4.78, 5) is 7.14. The third kappa shape index (κ3) is 7.85. The Morgan fingerprint density at radius 3 is 2.67 bits per heavy atom. The minimum atomic E-state index is -0.306. The third-order valence-corrected chi connectivity index (χ3v) is 5.51. The topological polar surface area (TPSA) is 58.1 Å². The summed E-state index contributed by atoms with van der Waals surface area (Å²) in [5.41, 5.74) is 0.869. The van der Waals surface area contributed by atoms with E-state index in [0.29, 0.717) is 30.9 Å². The quantitative estimate of drug-likeness (QED) is 0.288. The summed E-state index contributed by atoms with van der Waals surface area (Å²) in [7, 11) is 0. The van der Waals surface area contributed by atoms with Crippen LogP contribution in [-0.2, 0) is 4.74 Å². The predicted octanol–water partition coefficient (Wildman–Crippen LogP) is 3.57. The van der Waals surface area contributed by atoms with Gasteiger partial charge >= 0.3 is 0 Å². The lowest BCUT2D eigenvalue weighted by molar-refractivity contribution is 0.0220. The van der Waals surface area contributed by atoms with E-state index in [2.05, 4.69) is 22.5 Å². The molecule has 0 radical (unpaired) electrons. The van der Waals surface area contributed by atoms with Gasteiger partial charge in [-0.3, -0.25) is 9.89 Å². The first-order valence-electron chi connectivity index (χ1n) is 10.9. The number of nitrogens with zero attached hydrogens (tertiary/aromatic N) is 2. The molecular weight excluding hydrogens is 498 g/mol. The van der Waals surface area contributed by atoms with Crippen LogP contribution in [0.2, 0.25) is 0 Å². The number of rotatable bonds is 9. The van der Waals surface area contributed by atoms with E-state index in [1.807, 2.05) is 19.9 Å². The van der Waals surface area contributed by atoms with Crippen LogP contribution in [0.1, 0.15) is 45.2 Å². The third-order valence-electron chi connectivity index (χ3n) is 5.51. The van der Waals surface area contributed by atoms with Crippen LogP contribution in [0.3, 0.4) is 0 Å². The lowest BCUT2D eigenvalue weighted by Gasteiger charge is -2.31. The van der Waals surface area contributed by atoms with Crippen molar-refractivity contribution in [2.45, 2.75) is 45.7 Å². The molecule has 0 spiro atoms. The largest absolute Gasteiger partial charge is 0.490 e. The second kappa shape index (κ2) is 12.7. The van der Waals surface area contributed by atoms with Crippen LogP contribution in [0, 0.1) is 11.7 Å². The number of hydrogen-bond acceptors (Lipinski definition) is 4. The number of halogens is 2. The van der Waals surface area contributed by atoms with Gasteiger partial charge in [0.2, 0.25) is 0 Å². The first kappa shape index (κ1) is 25.1. The van der Waals surface area contributed by atoms with Gasteiger partial charge in [0, 0.05) is 25.7 Å². The summed E-state index contributed by atoms with van der Waals surface area (Å²) in [5.74, 6) is 1.38. The lowest BCUT2D eigenvalue weighted by Crippen LogP contribution is -2.44. The second-order valence-corrected chi connectivity index (χ2v) is 8.03. The molecular formula is C22H36FIN4O2. The van der Waals surface area contributed by atoms with Crippen molar-refractivity contribution in [3.05, 3.63) is 29.6 Å². The average Bonchev–Trinajstić information content (AvgIpc) is 3.56. The molecule has 1 saturated carbocycles. The zero-order chi connectivity index (χ0) is 20.6. The van der Waals surface area contributed by atoms with Crippen LogP contribution < -0.4 is 15.4 Å². The fourth-order valence-electron chi connectivity index (χ4n) is 3.36.